The van der Waals surface area contributed by atoms with E-state index in [1.54, 1.807) is 19.2 Å². The van der Waals surface area contributed by atoms with Crippen molar-refractivity contribution in [2.75, 3.05) is 12.4 Å². The van der Waals surface area contributed by atoms with Gasteiger partial charge in [0.15, 0.2) is 5.69 Å². The number of phenols is 1. The zero-order valence-electron chi connectivity index (χ0n) is 8.56. The van der Waals surface area contributed by atoms with E-state index in [1.807, 2.05) is 0 Å². The molecule has 3 N–H and O–H groups in total. The molecule has 0 spiro atoms. The van der Waals surface area contributed by atoms with Gasteiger partial charge in [-0.1, -0.05) is 12.1 Å². The Morgan fingerprint density at radius 3 is 2.81 bits per heavy atom. The van der Waals surface area contributed by atoms with Gasteiger partial charge in [0.1, 0.15) is 11.3 Å². The van der Waals surface area contributed by atoms with E-state index in [1.165, 1.54) is 12.1 Å². The number of hydrogen-bond donors (Lipinski definition) is 3. The lowest BCUT2D eigenvalue weighted by molar-refractivity contribution is 0.0691. The fourth-order valence-corrected chi connectivity index (χ4v) is 1.55. The Hall–Kier alpha value is -2.30. The summed E-state index contributed by atoms with van der Waals surface area (Å²) in [7, 11) is 1.68. The number of aromatic carboxylic acids is 1. The predicted molar refractivity (Wildman–Crippen MR) is 59.9 cm³/mol. The molecule has 2 aromatic rings. The standard InChI is InChI=1S/C11H10N2O3/c1-12-7-5-8(11(15)16)13-10-6(7)3-2-4-9(10)14/h2-5,14H,1H3,(H,12,13)(H,15,16). The summed E-state index contributed by atoms with van der Waals surface area (Å²) in [5.41, 5.74) is 0.809. The van der Waals surface area contributed by atoms with Gasteiger partial charge in [-0.05, 0) is 12.1 Å². The number of hydrogen-bond acceptors (Lipinski definition) is 4. The molecular formula is C11H10N2O3. The summed E-state index contributed by atoms with van der Waals surface area (Å²) < 4.78 is 0. The number of anilines is 1. The summed E-state index contributed by atoms with van der Waals surface area (Å²) in [6.07, 6.45) is 0. The number of carboxylic acids is 1. The maximum absolute atomic E-state index is 10.9. The summed E-state index contributed by atoms with van der Waals surface area (Å²) in [4.78, 5) is 14.7. The van der Waals surface area contributed by atoms with E-state index in [2.05, 4.69) is 10.3 Å². The summed E-state index contributed by atoms with van der Waals surface area (Å²) in [6.45, 7) is 0. The summed E-state index contributed by atoms with van der Waals surface area (Å²) >= 11 is 0. The van der Waals surface area contributed by atoms with Gasteiger partial charge in [0.25, 0.3) is 0 Å². The van der Waals surface area contributed by atoms with Crippen LogP contribution in [0.25, 0.3) is 10.9 Å². The number of aromatic hydroxyl groups is 1. The van der Waals surface area contributed by atoms with E-state index < -0.39 is 5.97 Å². The topological polar surface area (TPSA) is 82.5 Å². The Morgan fingerprint density at radius 1 is 1.44 bits per heavy atom. The van der Waals surface area contributed by atoms with E-state index in [9.17, 15) is 9.90 Å². The van der Waals surface area contributed by atoms with Crippen LogP contribution >= 0.6 is 0 Å². The third kappa shape index (κ3) is 1.52. The zero-order valence-corrected chi connectivity index (χ0v) is 8.56. The normalized spacial score (nSPS) is 10.3. The van der Waals surface area contributed by atoms with Crippen molar-refractivity contribution in [1.29, 1.82) is 0 Å². The van der Waals surface area contributed by atoms with Gasteiger partial charge < -0.3 is 15.5 Å². The highest BCUT2D eigenvalue weighted by atomic mass is 16.4. The van der Waals surface area contributed by atoms with Crippen molar-refractivity contribution in [1.82, 2.24) is 4.98 Å². The van der Waals surface area contributed by atoms with E-state index in [-0.39, 0.29) is 17.0 Å². The Labute approximate surface area is 91.4 Å². The first-order valence-corrected chi connectivity index (χ1v) is 4.67. The third-order valence-corrected chi connectivity index (χ3v) is 2.31. The minimum Gasteiger partial charge on any atom is -0.506 e. The number of carboxylic acid groups (broad SMARTS) is 1. The molecule has 1 aromatic heterocycles. The number of para-hydroxylation sites is 1. The quantitative estimate of drug-likeness (QED) is 0.714. The molecule has 0 aliphatic rings. The molecule has 0 fully saturated rings. The molecule has 0 bridgehead atoms. The molecule has 0 unspecified atom stereocenters. The molecule has 2 rings (SSSR count). The van der Waals surface area contributed by atoms with Crippen LogP contribution in [-0.4, -0.2) is 28.2 Å². The summed E-state index contributed by atoms with van der Waals surface area (Å²) in [6, 6.07) is 6.35. The van der Waals surface area contributed by atoms with Crippen LogP contribution in [0.2, 0.25) is 0 Å². The Bertz CT molecular complexity index is 566. The fourth-order valence-electron chi connectivity index (χ4n) is 1.55. The van der Waals surface area contributed by atoms with E-state index in [4.69, 9.17) is 5.11 Å². The van der Waals surface area contributed by atoms with Crippen LogP contribution in [0.4, 0.5) is 5.69 Å². The molecule has 16 heavy (non-hydrogen) atoms. The van der Waals surface area contributed by atoms with Gasteiger partial charge in [-0.15, -0.1) is 0 Å². The molecule has 0 saturated heterocycles. The van der Waals surface area contributed by atoms with Crippen molar-refractivity contribution < 1.29 is 15.0 Å². The van der Waals surface area contributed by atoms with Crippen LogP contribution in [0.1, 0.15) is 10.5 Å². The van der Waals surface area contributed by atoms with Gasteiger partial charge in [-0.25, -0.2) is 9.78 Å². The van der Waals surface area contributed by atoms with Gasteiger partial charge in [0.2, 0.25) is 0 Å². The largest absolute Gasteiger partial charge is 0.506 e. The maximum Gasteiger partial charge on any atom is 0.354 e. The van der Waals surface area contributed by atoms with Crippen LogP contribution in [0, 0.1) is 0 Å². The molecule has 0 atom stereocenters. The second-order valence-electron chi connectivity index (χ2n) is 3.28. The van der Waals surface area contributed by atoms with Gasteiger partial charge in [-0.3, -0.25) is 0 Å². The molecule has 0 saturated carbocycles. The van der Waals surface area contributed by atoms with Crippen molar-refractivity contribution in [3.05, 3.63) is 30.0 Å². The second kappa shape index (κ2) is 3.69. The first-order valence-electron chi connectivity index (χ1n) is 4.67. The molecule has 82 valence electrons. The third-order valence-electron chi connectivity index (χ3n) is 2.31. The Morgan fingerprint density at radius 2 is 2.19 bits per heavy atom. The summed E-state index contributed by atoms with van der Waals surface area (Å²) in [5, 5.41) is 22.1. The first kappa shape index (κ1) is 10.2. The lowest BCUT2D eigenvalue weighted by atomic mass is 10.1. The molecule has 0 aliphatic heterocycles. The predicted octanol–water partition coefficient (Wildman–Crippen LogP) is 1.68. The molecule has 1 heterocycles. The number of carbonyl (C=O) groups is 1. The molecule has 1 aromatic carbocycles. The minimum absolute atomic E-state index is 0.0305. The molecule has 5 nitrogen and oxygen atoms in total. The number of pyridine rings is 1. The van der Waals surface area contributed by atoms with Crippen LogP contribution in [-0.2, 0) is 0 Å². The number of rotatable bonds is 2. The molecule has 5 heteroatoms. The maximum atomic E-state index is 10.9. The van der Waals surface area contributed by atoms with Gasteiger partial charge >= 0.3 is 5.97 Å². The van der Waals surface area contributed by atoms with Crippen LogP contribution in [0.3, 0.4) is 0 Å². The van der Waals surface area contributed by atoms with Crippen molar-refractivity contribution in [3.8, 4) is 5.75 Å². The molecule has 0 amide bonds. The number of phenolic OH excluding ortho intramolecular Hbond substituents is 1. The highest BCUT2D eigenvalue weighted by molar-refractivity contribution is 5.99. The highest BCUT2D eigenvalue weighted by Crippen LogP contribution is 2.28. The van der Waals surface area contributed by atoms with Gasteiger partial charge in [0.05, 0.1) is 0 Å². The van der Waals surface area contributed by atoms with Crippen LogP contribution < -0.4 is 5.32 Å². The SMILES string of the molecule is CNc1cc(C(=O)O)nc2c(O)cccc12. The van der Waals surface area contributed by atoms with Crippen molar-refractivity contribution in [2.45, 2.75) is 0 Å². The average Bonchev–Trinajstić information content (AvgIpc) is 2.28. The molecule has 0 radical (unpaired) electrons. The monoisotopic (exact) mass is 218 g/mol. The molecular weight excluding hydrogens is 208 g/mol. The number of nitrogens with zero attached hydrogens (tertiary/aromatic N) is 1. The minimum atomic E-state index is -1.12. The number of fused-ring (bicyclic) bond motifs is 1. The van der Waals surface area contributed by atoms with Gasteiger partial charge in [0, 0.05) is 18.1 Å². The van der Waals surface area contributed by atoms with E-state index in [0.717, 1.165) is 0 Å². The smallest absolute Gasteiger partial charge is 0.354 e. The molecule has 0 aliphatic carbocycles. The lowest BCUT2D eigenvalue weighted by Gasteiger charge is -2.07. The second-order valence-corrected chi connectivity index (χ2v) is 3.28. The number of aromatic nitrogens is 1. The first-order chi connectivity index (χ1) is 7.63. The van der Waals surface area contributed by atoms with Crippen molar-refractivity contribution in [3.63, 3.8) is 0 Å². The highest BCUT2D eigenvalue weighted by Gasteiger charge is 2.11. The average molecular weight is 218 g/mol. The lowest BCUT2D eigenvalue weighted by Crippen LogP contribution is -2.02. The van der Waals surface area contributed by atoms with E-state index in [0.29, 0.717) is 11.1 Å². The van der Waals surface area contributed by atoms with E-state index >= 15 is 0 Å². The number of benzene rings is 1. The Balaban J connectivity index is 2.84. The summed E-state index contributed by atoms with van der Waals surface area (Å²) in [5.74, 6) is -1.15. The number of nitrogens with one attached hydrogen (secondary N) is 1. The van der Waals surface area contributed by atoms with Crippen molar-refractivity contribution in [2.24, 2.45) is 0 Å². The zero-order chi connectivity index (χ0) is 11.7. The van der Waals surface area contributed by atoms with Crippen molar-refractivity contribution >= 4 is 22.6 Å². The van der Waals surface area contributed by atoms with Gasteiger partial charge in [-0.2, -0.15) is 0 Å². The Kier molecular flexibility index (Phi) is 2.36. The fraction of sp³-hybridized carbons (Fsp3) is 0.0909. The van der Waals surface area contributed by atoms with Crippen LogP contribution in [0.15, 0.2) is 24.3 Å². The van der Waals surface area contributed by atoms with Crippen LogP contribution in [0.5, 0.6) is 5.75 Å².